The number of rotatable bonds is 3. The van der Waals surface area contributed by atoms with Crippen molar-refractivity contribution >= 4 is 16.9 Å². The maximum absolute atomic E-state index is 11.0. The minimum absolute atomic E-state index is 0.381. The summed E-state index contributed by atoms with van der Waals surface area (Å²) in [6, 6.07) is 5.40. The summed E-state index contributed by atoms with van der Waals surface area (Å²) in [7, 11) is 0. The molecule has 0 radical (unpaired) electrons. The number of ether oxygens (including phenoxy) is 1. The number of hydrogen-bond donors (Lipinski definition) is 1. The van der Waals surface area contributed by atoms with E-state index in [1.54, 1.807) is 19.1 Å². The quantitative estimate of drug-likeness (QED) is 0.670. The van der Waals surface area contributed by atoms with E-state index in [0.29, 0.717) is 17.8 Å². The molecule has 96 valence electrons. The maximum Gasteiger partial charge on any atom is 0.308 e. The fourth-order valence-electron chi connectivity index (χ4n) is 2.05. The van der Waals surface area contributed by atoms with Gasteiger partial charge in [0.15, 0.2) is 11.3 Å². The molecule has 0 aliphatic rings. The minimum Gasteiger partial charge on any atom is -0.457 e. The molecule has 4 heteroatoms. The van der Waals surface area contributed by atoms with Crippen molar-refractivity contribution in [3.63, 3.8) is 0 Å². The first kappa shape index (κ1) is 12.6. The molecule has 0 spiro atoms. The van der Waals surface area contributed by atoms with E-state index < -0.39 is 6.10 Å². The Morgan fingerprint density at radius 2 is 2.22 bits per heavy atom. The van der Waals surface area contributed by atoms with Crippen molar-refractivity contribution in [2.45, 2.75) is 33.3 Å². The van der Waals surface area contributed by atoms with Crippen LogP contribution in [0.1, 0.15) is 25.2 Å². The van der Waals surface area contributed by atoms with Gasteiger partial charge in [0, 0.05) is 24.3 Å². The smallest absolute Gasteiger partial charge is 0.308 e. The zero-order valence-corrected chi connectivity index (χ0v) is 10.7. The third kappa shape index (κ3) is 2.38. The van der Waals surface area contributed by atoms with Gasteiger partial charge in [0.1, 0.15) is 5.76 Å². The van der Waals surface area contributed by atoms with Crippen LogP contribution in [-0.4, -0.2) is 17.2 Å². The Labute approximate surface area is 105 Å². The van der Waals surface area contributed by atoms with Crippen LogP contribution in [0.15, 0.2) is 22.6 Å². The summed E-state index contributed by atoms with van der Waals surface area (Å²) in [6.07, 6.45) is 0.0735. The normalized spacial score (nSPS) is 12.7. The second kappa shape index (κ2) is 4.82. The van der Waals surface area contributed by atoms with Crippen LogP contribution in [0.3, 0.4) is 0 Å². The average molecular weight is 248 g/mol. The molecule has 2 rings (SSSR count). The Morgan fingerprint density at radius 3 is 2.83 bits per heavy atom. The lowest BCUT2D eigenvalue weighted by atomic mass is 10.0. The summed E-state index contributed by atoms with van der Waals surface area (Å²) in [6.45, 7) is 4.93. The van der Waals surface area contributed by atoms with E-state index in [0.717, 1.165) is 16.7 Å². The number of aryl methyl sites for hydroxylation is 1. The molecule has 2 aromatic rings. The Kier molecular flexibility index (Phi) is 3.39. The Bertz CT molecular complexity index is 581. The Balaban J connectivity index is 2.55. The van der Waals surface area contributed by atoms with Gasteiger partial charge >= 0.3 is 5.97 Å². The van der Waals surface area contributed by atoms with Gasteiger partial charge in [-0.2, -0.15) is 0 Å². The molecule has 0 fully saturated rings. The van der Waals surface area contributed by atoms with Crippen LogP contribution in [0.25, 0.3) is 11.0 Å². The molecule has 1 atom stereocenters. The molecule has 0 aliphatic heterocycles. The number of aliphatic hydroxyl groups excluding tert-OH is 1. The zero-order valence-electron chi connectivity index (χ0n) is 10.7. The fraction of sp³-hybridized carbons (Fsp3) is 0.357. The number of carbonyl (C=O) groups is 1. The van der Waals surface area contributed by atoms with Gasteiger partial charge in [-0.15, -0.1) is 0 Å². The van der Waals surface area contributed by atoms with Gasteiger partial charge in [-0.05, 0) is 19.9 Å². The molecule has 1 aromatic heterocycles. The van der Waals surface area contributed by atoms with Crippen LogP contribution < -0.4 is 4.74 Å². The van der Waals surface area contributed by atoms with E-state index in [1.165, 1.54) is 6.92 Å². The Hall–Kier alpha value is -1.81. The van der Waals surface area contributed by atoms with Crippen LogP contribution in [0.4, 0.5) is 0 Å². The first-order valence-corrected chi connectivity index (χ1v) is 5.86. The number of carbonyl (C=O) groups excluding carboxylic acids is 1. The maximum atomic E-state index is 11.0. The number of para-hydroxylation sites is 1. The summed E-state index contributed by atoms with van der Waals surface area (Å²) >= 11 is 0. The van der Waals surface area contributed by atoms with E-state index in [9.17, 15) is 9.90 Å². The van der Waals surface area contributed by atoms with Crippen molar-refractivity contribution in [1.29, 1.82) is 0 Å². The molecule has 0 bridgehead atoms. The van der Waals surface area contributed by atoms with Crippen molar-refractivity contribution in [3.8, 4) is 5.75 Å². The van der Waals surface area contributed by atoms with E-state index in [1.807, 2.05) is 13.0 Å². The number of aliphatic hydroxyl groups is 1. The highest BCUT2D eigenvalue weighted by Crippen LogP contribution is 2.33. The zero-order chi connectivity index (χ0) is 13.3. The molecule has 4 nitrogen and oxygen atoms in total. The second-order valence-corrected chi connectivity index (χ2v) is 4.42. The Morgan fingerprint density at radius 1 is 1.50 bits per heavy atom. The molecule has 1 aromatic carbocycles. The highest BCUT2D eigenvalue weighted by Gasteiger charge is 2.16. The van der Waals surface area contributed by atoms with Crippen molar-refractivity contribution < 1.29 is 19.1 Å². The molecule has 0 saturated carbocycles. The van der Waals surface area contributed by atoms with Crippen molar-refractivity contribution in [1.82, 2.24) is 0 Å². The summed E-state index contributed by atoms with van der Waals surface area (Å²) < 4.78 is 10.7. The summed E-state index contributed by atoms with van der Waals surface area (Å²) in [5.74, 6) is 0.777. The highest BCUT2D eigenvalue weighted by molar-refractivity contribution is 5.89. The van der Waals surface area contributed by atoms with Gasteiger partial charge in [-0.3, -0.25) is 4.79 Å². The lowest BCUT2D eigenvalue weighted by Crippen LogP contribution is -2.04. The summed E-state index contributed by atoms with van der Waals surface area (Å²) in [4.78, 5) is 11.0. The molecule has 0 amide bonds. The first-order valence-electron chi connectivity index (χ1n) is 5.86. The predicted octanol–water partition coefficient (Wildman–Crippen LogP) is 2.59. The molecule has 1 N–H and O–H groups in total. The molecule has 0 saturated heterocycles. The van der Waals surface area contributed by atoms with Crippen LogP contribution in [0.2, 0.25) is 0 Å². The third-order valence-electron chi connectivity index (χ3n) is 2.74. The number of fused-ring (bicyclic) bond motifs is 1. The van der Waals surface area contributed by atoms with Gasteiger partial charge in [-0.25, -0.2) is 0 Å². The van der Waals surface area contributed by atoms with Crippen LogP contribution >= 0.6 is 0 Å². The van der Waals surface area contributed by atoms with E-state index in [4.69, 9.17) is 9.15 Å². The number of benzene rings is 1. The van der Waals surface area contributed by atoms with Gasteiger partial charge in [0.05, 0.1) is 6.10 Å². The standard InChI is InChI=1S/C14H16O4/c1-8(15)7-12-9(2)17-14-11(12)5-4-6-13(14)18-10(3)16/h4-6,8,15H,7H2,1-3H3. The van der Waals surface area contributed by atoms with Crippen LogP contribution in [0.5, 0.6) is 5.75 Å². The van der Waals surface area contributed by atoms with Gasteiger partial charge in [0.25, 0.3) is 0 Å². The minimum atomic E-state index is -0.443. The predicted molar refractivity (Wildman–Crippen MR) is 67.6 cm³/mol. The average Bonchev–Trinajstić information content (AvgIpc) is 2.56. The van der Waals surface area contributed by atoms with Crippen molar-refractivity contribution in [2.24, 2.45) is 0 Å². The summed E-state index contributed by atoms with van der Waals surface area (Å²) in [5.41, 5.74) is 1.51. The summed E-state index contributed by atoms with van der Waals surface area (Å²) in [5, 5.41) is 10.4. The van der Waals surface area contributed by atoms with Crippen LogP contribution in [0, 0.1) is 6.92 Å². The molecule has 18 heavy (non-hydrogen) atoms. The molecule has 0 aliphatic carbocycles. The fourth-order valence-corrected chi connectivity index (χ4v) is 2.05. The molecular weight excluding hydrogens is 232 g/mol. The highest BCUT2D eigenvalue weighted by atomic mass is 16.5. The van der Waals surface area contributed by atoms with Crippen LogP contribution in [-0.2, 0) is 11.2 Å². The van der Waals surface area contributed by atoms with E-state index in [-0.39, 0.29) is 5.97 Å². The van der Waals surface area contributed by atoms with Crippen molar-refractivity contribution in [3.05, 3.63) is 29.5 Å². The van der Waals surface area contributed by atoms with Gasteiger partial charge < -0.3 is 14.3 Å². The molecule has 1 heterocycles. The van der Waals surface area contributed by atoms with E-state index in [2.05, 4.69) is 0 Å². The second-order valence-electron chi connectivity index (χ2n) is 4.42. The topological polar surface area (TPSA) is 59.7 Å². The van der Waals surface area contributed by atoms with Gasteiger partial charge in [0.2, 0.25) is 0 Å². The van der Waals surface area contributed by atoms with E-state index >= 15 is 0 Å². The van der Waals surface area contributed by atoms with Crippen molar-refractivity contribution in [2.75, 3.05) is 0 Å². The number of hydrogen-bond acceptors (Lipinski definition) is 4. The van der Waals surface area contributed by atoms with Gasteiger partial charge in [-0.1, -0.05) is 12.1 Å². The SMILES string of the molecule is CC(=O)Oc1cccc2c(CC(C)O)c(C)oc12. The third-order valence-corrected chi connectivity index (χ3v) is 2.74. The lowest BCUT2D eigenvalue weighted by molar-refractivity contribution is -0.131. The monoisotopic (exact) mass is 248 g/mol. The number of esters is 1. The molecular formula is C14H16O4. The first-order chi connectivity index (χ1) is 8.49. The lowest BCUT2D eigenvalue weighted by Gasteiger charge is -2.03. The molecule has 1 unspecified atom stereocenters. The largest absolute Gasteiger partial charge is 0.457 e. The number of furan rings is 1.